The van der Waals surface area contributed by atoms with Crippen molar-refractivity contribution in [1.29, 1.82) is 0 Å². The highest BCUT2D eigenvalue weighted by Gasteiger charge is 2.27. The predicted octanol–water partition coefficient (Wildman–Crippen LogP) is 1.10. The summed E-state index contributed by atoms with van der Waals surface area (Å²) in [6.45, 7) is 2.88. The lowest BCUT2D eigenvalue weighted by Crippen LogP contribution is -2.38. The highest BCUT2D eigenvalue weighted by atomic mass is 32.2. The van der Waals surface area contributed by atoms with Gasteiger partial charge in [0.1, 0.15) is 0 Å². The molecule has 1 aromatic rings. The molecule has 0 bridgehead atoms. The second kappa shape index (κ2) is 7.31. The van der Waals surface area contributed by atoms with Crippen LogP contribution in [-0.4, -0.2) is 62.8 Å². The SMILES string of the molecule is CC(OC(=O)c1cccc(S(=O)(=O)N(C)C)c1)C(=O)N1CCCC1. The smallest absolute Gasteiger partial charge is 0.338 e. The summed E-state index contributed by atoms with van der Waals surface area (Å²) in [5.41, 5.74) is 0.0963. The van der Waals surface area contributed by atoms with Gasteiger partial charge in [-0.05, 0) is 38.0 Å². The molecule has 1 aliphatic heterocycles. The fraction of sp³-hybridized carbons (Fsp3) is 0.500. The Morgan fingerprint density at radius 3 is 2.42 bits per heavy atom. The van der Waals surface area contributed by atoms with E-state index < -0.39 is 22.1 Å². The van der Waals surface area contributed by atoms with Crippen LogP contribution in [0.3, 0.4) is 0 Å². The van der Waals surface area contributed by atoms with Crippen LogP contribution in [0.25, 0.3) is 0 Å². The molecule has 132 valence electrons. The molecular weight excluding hydrogens is 332 g/mol. The van der Waals surface area contributed by atoms with Crippen LogP contribution in [-0.2, 0) is 19.6 Å². The number of nitrogens with zero attached hydrogens (tertiary/aromatic N) is 2. The minimum absolute atomic E-state index is 0.000438. The topological polar surface area (TPSA) is 84.0 Å². The van der Waals surface area contributed by atoms with Gasteiger partial charge in [0, 0.05) is 27.2 Å². The van der Waals surface area contributed by atoms with Crippen LogP contribution in [0.2, 0.25) is 0 Å². The van der Waals surface area contributed by atoms with Crippen molar-refractivity contribution in [2.75, 3.05) is 27.2 Å². The number of rotatable bonds is 5. The van der Waals surface area contributed by atoms with Gasteiger partial charge in [0.25, 0.3) is 5.91 Å². The molecule has 1 unspecified atom stereocenters. The minimum atomic E-state index is -3.64. The maximum atomic E-state index is 12.2. The van der Waals surface area contributed by atoms with Crippen LogP contribution in [0, 0.1) is 0 Å². The Hall–Kier alpha value is -1.93. The molecule has 0 saturated carbocycles. The number of esters is 1. The van der Waals surface area contributed by atoms with Crippen molar-refractivity contribution in [3.05, 3.63) is 29.8 Å². The van der Waals surface area contributed by atoms with Crippen LogP contribution in [0.1, 0.15) is 30.1 Å². The monoisotopic (exact) mass is 354 g/mol. The van der Waals surface area contributed by atoms with Gasteiger partial charge in [-0.25, -0.2) is 17.5 Å². The molecule has 1 aromatic carbocycles. The van der Waals surface area contributed by atoms with Crippen molar-refractivity contribution >= 4 is 21.9 Å². The lowest BCUT2D eigenvalue weighted by atomic mass is 10.2. The maximum Gasteiger partial charge on any atom is 0.338 e. The zero-order valence-electron chi connectivity index (χ0n) is 14.1. The van der Waals surface area contributed by atoms with Crippen LogP contribution in [0.4, 0.5) is 0 Å². The van der Waals surface area contributed by atoms with E-state index in [-0.39, 0.29) is 16.4 Å². The van der Waals surface area contributed by atoms with E-state index in [1.807, 2.05) is 0 Å². The molecule has 0 aliphatic carbocycles. The van der Waals surface area contributed by atoms with E-state index in [2.05, 4.69) is 0 Å². The highest BCUT2D eigenvalue weighted by molar-refractivity contribution is 7.89. The Balaban J connectivity index is 2.11. The Labute approximate surface area is 142 Å². The molecule has 1 amide bonds. The number of ether oxygens (including phenoxy) is 1. The molecule has 0 aromatic heterocycles. The van der Waals surface area contributed by atoms with E-state index in [0.29, 0.717) is 13.1 Å². The standard InChI is InChI=1S/C16H22N2O5S/c1-12(15(19)18-9-4-5-10-18)23-16(20)13-7-6-8-14(11-13)24(21,22)17(2)3/h6-8,11-12H,4-5,9-10H2,1-3H3. The molecule has 7 nitrogen and oxygen atoms in total. The molecule has 1 saturated heterocycles. The maximum absolute atomic E-state index is 12.2. The average Bonchev–Trinajstić information content (AvgIpc) is 3.08. The summed E-state index contributed by atoms with van der Waals surface area (Å²) >= 11 is 0. The number of carbonyl (C=O) groups excluding carboxylic acids is 2. The van der Waals surface area contributed by atoms with Crippen LogP contribution in [0.15, 0.2) is 29.2 Å². The zero-order valence-corrected chi connectivity index (χ0v) is 14.9. The lowest BCUT2D eigenvalue weighted by molar-refractivity contribution is -0.138. The number of benzene rings is 1. The zero-order chi connectivity index (χ0) is 17.9. The largest absolute Gasteiger partial charge is 0.449 e. The summed E-state index contributed by atoms with van der Waals surface area (Å²) in [7, 11) is -0.813. The van der Waals surface area contributed by atoms with E-state index in [0.717, 1.165) is 17.1 Å². The third kappa shape index (κ3) is 3.93. The molecule has 1 fully saturated rings. The first-order valence-electron chi connectivity index (χ1n) is 7.76. The molecular formula is C16H22N2O5S. The van der Waals surface area contributed by atoms with Crippen molar-refractivity contribution in [3.8, 4) is 0 Å². The second-order valence-electron chi connectivity index (χ2n) is 5.90. The molecule has 8 heteroatoms. The van der Waals surface area contributed by atoms with E-state index in [9.17, 15) is 18.0 Å². The van der Waals surface area contributed by atoms with Crippen molar-refractivity contribution in [2.24, 2.45) is 0 Å². The first kappa shape index (κ1) is 18.4. The van der Waals surface area contributed by atoms with Crippen LogP contribution < -0.4 is 0 Å². The molecule has 0 N–H and O–H groups in total. The number of carbonyl (C=O) groups is 2. The number of hydrogen-bond acceptors (Lipinski definition) is 5. The van der Waals surface area contributed by atoms with Gasteiger partial charge in [0.05, 0.1) is 10.5 Å². The van der Waals surface area contributed by atoms with Gasteiger partial charge in [0.2, 0.25) is 10.0 Å². The Bertz CT molecular complexity index is 724. The Morgan fingerprint density at radius 1 is 1.21 bits per heavy atom. The summed E-state index contributed by atoms with van der Waals surface area (Å²) in [5.74, 6) is -0.941. The summed E-state index contributed by atoms with van der Waals surface area (Å²) in [6.07, 6.45) is 1.01. The van der Waals surface area contributed by atoms with Crippen molar-refractivity contribution in [2.45, 2.75) is 30.8 Å². The molecule has 0 spiro atoms. The first-order valence-corrected chi connectivity index (χ1v) is 9.20. The van der Waals surface area contributed by atoms with Gasteiger partial charge in [-0.2, -0.15) is 0 Å². The van der Waals surface area contributed by atoms with E-state index in [1.54, 1.807) is 4.90 Å². The minimum Gasteiger partial charge on any atom is -0.449 e. The molecule has 2 rings (SSSR count). The normalized spacial score (nSPS) is 16.2. The summed E-state index contributed by atoms with van der Waals surface area (Å²) in [5, 5.41) is 0. The Kier molecular flexibility index (Phi) is 5.61. The molecule has 24 heavy (non-hydrogen) atoms. The van der Waals surface area contributed by atoms with Gasteiger partial charge in [-0.15, -0.1) is 0 Å². The van der Waals surface area contributed by atoms with Crippen LogP contribution >= 0.6 is 0 Å². The van der Waals surface area contributed by atoms with Gasteiger partial charge in [-0.1, -0.05) is 6.07 Å². The van der Waals surface area contributed by atoms with Gasteiger partial charge in [0.15, 0.2) is 6.10 Å². The number of hydrogen-bond donors (Lipinski definition) is 0. The van der Waals surface area contributed by atoms with E-state index in [1.165, 1.54) is 45.3 Å². The van der Waals surface area contributed by atoms with Crippen molar-refractivity contribution in [1.82, 2.24) is 9.21 Å². The molecule has 0 radical (unpaired) electrons. The lowest BCUT2D eigenvalue weighted by Gasteiger charge is -2.20. The third-order valence-electron chi connectivity index (χ3n) is 3.90. The highest BCUT2D eigenvalue weighted by Crippen LogP contribution is 2.17. The number of sulfonamides is 1. The summed E-state index contributed by atoms with van der Waals surface area (Å²) in [6, 6.07) is 5.60. The number of amides is 1. The number of likely N-dealkylation sites (tertiary alicyclic amines) is 1. The fourth-order valence-electron chi connectivity index (χ4n) is 2.47. The van der Waals surface area contributed by atoms with Crippen molar-refractivity contribution < 1.29 is 22.7 Å². The van der Waals surface area contributed by atoms with Gasteiger partial charge < -0.3 is 9.64 Å². The second-order valence-corrected chi connectivity index (χ2v) is 8.05. The van der Waals surface area contributed by atoms with Gasteiger partial charge in [-0.3, -0.25) is 4.79 Å². The van der Waals surface area contributed by atoms with Crippen LogP contribution in [0.5, 0.6) is 0 Å². The summed E-state index contributed by atoms with van der Waals surface area (Å²) in [4.78, 5) is 26.1. The predicted molar refractivity (Wildman–Crippen MR) is 88.0 cm³/mol. The van der Waals surface area contributed by atoms with Gasteiger partial charge >= 0.3 is 5.97 Å². The Morgan fingerprint density at radius 2 is 1.83 bits per heavy atom. The van der Waals surface area contributed by atoms with E-state index in [4.69, 9.17) is 4.74 Å². The summed E-state index contributed by atoms with van der Waals surface area (Å²) < 4.78 is 30.5. The van der Waals surface area contributed by atoms with E-state index >= 15 is 0 Å². The third-order valence-corrected chi connectivity index (χ3v) is 5.71. The fourth-order valence-corrected chi connectivity index (χ4v) is 3.42. The molecule has 1 heterocycles. The molecule has 1 aliphatic rings. The first-order chi connectivity index (χ1) is 11.2. The average molecular weight is 354 g/mol. The molecule has 1 atom stereocenters. The quantitative estimate of drug-likeness (QED) is 0.740. The van der Waals surface area contributed by atoms with Crippen molar-refractivity contribution in [3.63, 3.8) is 0 Å².